The highest BCUT2D eigenvalue weighted by molar-refractivity contribution is 5.68. The van der Waals surface area contributed by atoms with Crippen molar-refractivity contribution >= 4 is 6.09 Å². The number of hydrogen-bond acceptors (Lipinski definition) is 4. The molecule has 0 aromatic carbocycles. The lowest BCUT2D eigenvalue weighted by molar-refractivity contribution is 0.0257. The molecule has 0 bridgehead atoms. The van der Waals surface area contributed by atoms with Crippen LogP contribution < -0.4 is 5.73 Å². The molecule has 0 aliphatic carbocycles. The topological polar surface area (TPSA) is 58.8 Å². The second kappa shape index (κ2) is 8.88. The molecule has 1 heterocycles. The number of hydrogen-bond donors (Lipinski definition) is 1. The molecule has 0 unspecified atom stereocenters. The number of nitrogens with two attached hydrogens (primary N) is 1. The fraction of sp³-hybridized carbons (Fsp3) is 0.944. The van der Waals surface area contributed by atoms with Crippen LogP contribution in [0.1, 0.15) is 60.3 Å². The Labute approximate surface area is 142 Å². The van der Waals surface area contributed by atoms with E-state index in [1.807, 2.05) is 25.7 Å². The highest BCUT2D eigenvalue weighted by Crippen LogP contribution is 2.21. The zero-order valence-corrected chi connectivity index (χ0v) is 15.9. The summed E-state index contributed by atoms with van der Waals surface area (Å²) < 4.78 is 5.47. The molecule has 5 heteroatoms. The predicted molar refractivity (Wildman–Crippen MR) is 95.6 cm³/mol. The first-order valence-electron chi connectivity index (χ1n) is 9.03. The van der Waals surface area contributed by atoms with Crippen molar-refractivity contribution in [2.75, 3.05) is 39.3 Å². The molecule has 0 spiro atoms. The molecular weight excluding hydrogens is 290 g/mol. The summed E-state index contributed by atoms with van der Waals surface area (Å²) in [6, 6.07) is 0. The van der Waals surface area contributed by atoms with E-state index in [9.17, 15) is 4.79 Å². The van der Waals surface area contributed by atoms with Crippen LogP contribution in [-0.2, 0) is 4.74 Å². The van der Waals surface area contributed by atoms with E-state index in [0.717, 1.165) is 45.7 Å². The Morgan fingerprint density at radius 1 is 1.04 bits per heavy atom. The Balaban J connectivity index is 2.29. The molecule has 1 saturated heterocycles. The molecule has 0 aromatic heterocycles. The smallest absolute Gasteiger partial charge is 0.410 e. The third-order valence-corrected chi connectivity index (χ3v) is 4.37. The molecule has 0 saturated carbocycles. The van der Waals surface area contributed by atoms with E-state index in [1.54, 1.807) is 0 Å². The summed E-state index contributed by atoms with van der Waals surface area (Å²) in [6.45, 7) is 15.7. The molecule has 1 rings (SSSR count). The van der Waals surface area contributed by atoms with Gasteiger partial charge >= 0.3 is 6.09 Å². The largest absolute Gasteiger partial charge is 0.444 e. The highest BCUT2D eigenvalue weighted by Gasteiger charge is 2.24. The zero-order valence-electron chi connectivity index (χ0n) is 15.9. The summed E-state index contributed by atoms with van der Waals surface area (Å²) in [5.74, 6) is 0. The average Bonchev–Trinajstić information content (AvgIpc) is 2.67. The molecule has 23 heavy (non-hydrogen) atoms. The van der Waals surface area contributed by atoms with Gasteiger partial charge in [-0.25, -0.2) is 4.79 Å². The molecule has 0 atom stereocenters. The Bertz CT molecular complexity index is 364. The van der Waals surface area contributed by atoms with Gasteiger partial charge in [-0.1, -0.05) is 20.3 Å². The minimum absolute atomic E-state index is 0.177. The first-order chi connectivity index (χ1) is 10.6. The van der Waals surface area contributed by atoms with E-state index in [1.165, 1.54) is 19.3 Å². The number of nitrogens with zero attached hydrogens (tertiary/aromatic N) is 2. The Hall–Kier alpha value is -0.810. The van der Waals surface area contributed by atoms with Gasteiger partial charge in [0.05, 0.1) is 0 Å². The molecule has 5 nitrogen and oxygen atoms in total. The van der Waals surface area contributed by atoms with Crippen LogP contribution in [0.4, 0.5) is 4.79 Å². The van der Waals surface area contributed by atoms with Gasteiger partial charge in [0.2, 0.25) is 0 Å². The fourth-order valence-corrected chi connectivity index (χ4v) is 2.74. The van der Waals surface area contributed by atoms with E-state index < -0.39 is 5.60 Å². The first-order valence-corrected chi connectivity index (χ1v) is 9.03. The summed E-state index contributed by atoms with van der Waals surface area (Å²) in [4.78, 5) is 16.5. The zero-order chi connectivity index (χ0) is 17.5. The van der Waals surface area contributed by atoms with Gasteiger partial charge in [-0.2, -0.15) is 0 Å². The van der Waals surface area contributed by atoms with Crippen molar-refractivity contribution in [3.05, 3.63) is 0 Å². The van der Waals surface area contributed by atoms with Crippen LogP contribution in [0.3, 0.4) is 0 Å². The van der Waals surface area contributed by atoms with Gasteiger partial charge in [0, 0.05) is 19.6 Å². The van der Waals surface area contributed by atoms with Crippen LogP contribution in [0.15, 0.2) is 0 Å². The van der Waals surface area contributed by atoms with Crippen molar-refractivity contribution in [1.29, 1.82) is 0 Å². The average molecular weight is 328 g/mol. The van der Waals surface area contributed by atoms with Crippen molar-refractivity contribution in [1.82, 2.24) is 9.80 Å². The summed E-state index contributed by atoms with van der Waals surface area (Å²) in [5.41, 5.74) is 5.62. The van der Waals surface area contributed by atoms with Crippen LogP contribution >= 0.6 is 0 Å². The van der Waals surface area contributed by atoms with Gasteiger partial charge in [0.25, 0.3) is 0 Å². The quantitative estimate of drug-likeness (QED) is 0.762. The number of amides is 1. The van der Waals surface area contributed by atoms with E-state index in [2.05, 4.69) is 18.7 Å². The number of carbonyl (C=O) groups excluding carboxylic acids is 1. The molecular formula is C18H37N3O2. The van der Waals surface area contributed by atoms with Crippen molar-refractivity contribution in [2.24, 2.45) is 11.1 Å². The number of unbranched alkanes of at least 4 members (excludes halogenated alkanes) is 1. The predicted octanol–water partition coefficient (Wildman–Crippen LogP) is 3.08. The SMILES string of the molecule is CC(C)(CN)CCCCN1CCCN(C(=O)OC(C)(C)C)CC1. The third kappa shape index (κ3) is 8.56. The maximum absolute atomic E-state index is 12.2. The van der Waals surface area contributed by atoms with Gasteiger partial charge in [0.1, 0.15) is 5.60 Å². The number of ether oxygens (including phenoxy) is 1. The Morgan fingerprint density at radius 2 is 1.74 bits per heavy atom. The normalized spacial score (nSPS) is 17.9. The van der Waals surface area contributed by atoms with Crippen LogP contribution in [0.25, 0.3) is 0 Å². The number of carbonyl (C=O) groups is 1. The van der Waals surface area contributed by atoms with Crippen LogP contribution in [0.5, 0.6) is 0 Å². The fourth-order valence-electron chi connectivity index (χ4n) is 2.74. The lowest BCUT2D eigenvalue weighted by Gasteiger charge is -2.26. The lowest BCUT2D eigenvalue weighted by Crippen LogP contribution is -2.39. The van der Waals surface area contributed by atoms with Crippen molar-refractivity contribution in [3.8, 4) is 0 Å². The Morgan fingerprint density at radius 3 is 2.35 bits per heavy atom. The van der Waals surface area contributed by atoms with E-state index in [0.29, 0.717) is 0 Å². The second-order valence-electron chi connectivity index (χ2n) is 8.49. The minimum atomic E-state index is -0.418. The molecule has 1 fully saturated rings. The van der Waals surface area contributed by atoms with Crippen molar-refractivity contribution in [3.63, 3.8) is 0 Å². The van der Waals surface area contributed by atoms with E-state index >= 15 is 0 Å². The van der Waals surface area contributed by atoms with Gasteiger partial charge in [-0.3, -0.25) is 0 Å². The second-order valence-corrected chi connectivity index (χ2v) is 8.49. The van der Waals surface area contributed by atoms with Gasteiger partial charge in [-0.05, 0) is 65.1 Å². The monoisotopic (exact) mass is 327 g/mol. The van der Waals surface area contributed by atoms with Gasteiger partial charge in [0.15, 0.2) is 0 Å². The highest BCUT2D eigenvalue weighted by atomic mass is 16.6. The summed E-state index contributed by atoms with van der Waals surface area (Å²) in [7, 11) is 0. The molecule has 2 N–H and O–H groups in total. The third-order valence-electron chi connectivity index (χ3n) is 4.37. The first kappa shape index (κ1) is 20.2. The van der Waals surface area contributed by atoms with Gasteiger partial charge in [-0.15, -0.1) is 0 Å². The summed E-state index contributed by atoms with van der Waals surface area (Å²) >= 11 is 0. The number of rotatable bonds is 6. The Kier molecular flexibility index (Phi) is 7.81. The standard InChI is InChI=1S/C18H37N3O2/c1-17(2,3)23-16(22)21-12-8-11-20(13-14-21)10-7-6-9-18(4,5)15-19/h6-15,19H2,1-5H3. The van der Waals surface area contributed by atoms with Crippen LogP contribution in [0.2, 0.25) is 0 Å². The molecule has 1 aliphatic heterocycles. The molecule has 136 valence electrons. The van der Waals surface area contributed by atoms with Crippen LogP contribution in [0, 0.1) is 5.41 Å². The van der Waals surface area contributed by atoms with Crippen LogP contribution in [-0.4, -0.2) is 60.8 Å². The van der Waals surface area contributed by atoms with E-state index in [4.69, 9.17) is 10.5 Å². The summed E-state index contributed by atoms with van der Waals surface area (Å²) in [6.07, 6.45) is 4.45. The van der Waals surface area contributed by atoms with Crippen molar-refractivity contribution < 1.29 is 9.53 Å². The van der Waals surface area contributed by atoms with E-state index in [-0.39, 0.29) is 11.5 Å². The maximum Gasteiger partial charge on any atom is 0.410 e. The molecule has 0 aromatic rings. The molecule has 0 radical (unpaired) electrons. The summed E-state index contributed by atoms with van der Waals surface area (Å²) in [5, 5.41) is 0. The molecule has 1 aliphatic rings. The maximum atomic E-state index is 12.2. The lowest BCUT2D eigenvalue weighted by atomic mass is 9.87. The van der Waals surface area contributed by atoms with Gasteiger partial charge < -0.3 is 20.3 Å². The molecule has 1 amide bonds. The van der Waals surface area contributed by atoms with Crippen molar-refractivity contribution in [2.45, 2.75) is 65.9 Å². The minimum Gasteiger partial charge on any atom is -0.444 e.